The van der Waals surface area contributed by atoms with Crippen LogP contribution in [0.2, 0.25) is 5.02 Å². The van der Waals surface area contributed by atoms with Crippen molar-refractivity contribution in [3.05, 3.63) is 53.1 Å². The Morgan fingerprint density at radius 1 is 1.22 bits per heavy atom. The molecule has 2 aromatic carbocycles. The molecule has 0 heterocycles. The fraction of sp³-hybridized carbons (Fsp3) is 0.316. The summed E-state index contributed by atoms with van der Waals surface area (Å²) in [6, 6.07) is 12.0. The van der Waals surface area contributed by atoms with Crippen molar-refractivity contribution >= 4 is 38.9 Å². The molecule has 0 radical (unpaired) electrons. The average Bonchev–Trinajstić information content (AvgIpc) is 2.59. The summed E-state index contributed by atoms with van der Waals surface area (Å²) in [6.45, 7) is 3.60. The molecule has 1 N–H and O–H groups in total. The number of hydrogen-bond donors (Lipinski definition) is 1. The van der Waals surface area contributed by atoms with E-state index < -0.39 is 15.9 Å². The van der Waals surface area contributed by atoms with Gasteiger partial charge in [0, 0.05) is 5.69 Å². The first kappa shape index (κ1) is 21.1. The number of amides is 1. The topological polar surface area (TPSA) is 75.7 Å². The third kappa shape index (κ3) is 5.37. The number of carbonyl (C=O) groups excluding carboxylic acids is 1. The quantitative estimate of drug-likeness (QED) is 0.751. The lowest BCUT2D eigenvalue weighted by Crippen LogP contribution is -2.38. The van der Waals surface area contributed by atoms with Gasteiger partial charge in [-0.2, -0.15) is 0 Å². The maximum atomic E-state index is 12.5. The van der Waals surface area contributed by atoms with Crippen LogP contribution in [0.4, 0.5) is 11.4 Å². The van der Waals surface area contributed by atoms with Crippen molar-refractivity contribution in [1.82, 2.24) is 0 Å². The van der Waals surface area contributed by atoms with Gasteiger partial charge in [0.25, 0.3) is 0 Å². The first-order valence-electron chi connectivity index (χ1n) is 8.33. The van der Waals surface area contributed by atoms with Crippen molar-refractivity contribution in [3.8, 4) is 5.75 Å². The molecule has 0 spiro atoms. The van der Waals surface area contributed by atoms with Gasteiger partial charge in [-0.3, -0.25) is 9.10 Å². The van der Waals surface area contributed by atoms with Gasteiger partial charge in [0.2, 0.25) is 15.9 Å². The van der Waals surface area contributed by atoms with Gasteiger partial charge in [-0.15, -0.1) is 0 Å². The van der Waals surface area contributed by atoms with Gasteiger partial charge in [0.1, 0.15) is 12.3 Å². The first-order valence-corrected chi connectivity index (χ1v) is 10.6. The lowest BCUT2D eigenvalue weighted by atomic mass is 10.0. The summed E-state index contributed by atoms with van der Waals surface area (Å²) in [5.74, 6) is 0.118. The van der Waals surface area contributed by atoms with Gasteiger partial charge in [-0.05, 0) is 35.7 Å². The molecule has 0 atom stereocenters. The van der Waals surface area contributed by atoms with E-state index in [1.165, 1.54) is 7.11 Å². The highest BCUT2D eigenvalue weighted by Gasteiger charge is 2.24. The number of para-hydroxylation sites is 1. The molecule has 2 rings (SSSR count). The van der Waals surface area contributed by atoms with Gasteiger partial charge in [0.15, 0.2) is 0 Å². The second-order valence-electron chi connectivity index (χ2n) is 6.38. The van der Waals surface area contributed by atoms with Crippen LogP contribution < -0.4 is 14.4 Å². The summed E-state index contributed by atoms with van der Waals surface area (Å²) < 4.78 is 30.9. The van der Waals surface area contributed by atoms with Gasteiger partial charge >= 0.3 is 0 Å². The number of benzene rings is 2. The Labute approximate surface area is 165 Å². The summed E-state index contributed by atoms with van der Waals surface area (Å²) in [4.78, 5) is 12.5. The molecular formula is C19H23ClN2O4S. The van der Waals surface area contributed by atoms with Crippen LogP contribution in [-0.4, -0.2) is 34.2 Å². The molecule has 2 aromatic rings. The smallest absolute Gasteiger partial charge is 0.245 e. The predicted molar refractivity (Wildman–Crippen MR) is 109 cm³/mol. The van der Waals surface area contributed by atoms with Crippen molar-refractivity contribution in [2.24, 2.45) is 0 Å². The number of rotatable bonds is 7. The summed E-state index contributed by atoms with van der Waals surface area (Å²) >= 11 is 6.06. The number of carbonyl (C=O) groups is 1. The Hall–Kier alpha value is -2.25. The monoisotopic (exact) mass is 410 g/mol. The number of methoxy groups -OCH3 is 1. The number of sulfonamides is 1. The van der Waals surface area contributed by atoms with E-state index in [0.29, 0.717) is 22.1 Å². The van der Waals surface area contributed by atoms with Crippen molar-refractivity contribution in [2.75, 3.05) is 29.5 Å². The molecule has 27 heavy (non-hydrogen) atoms. The molecule has 0 saturated carbocycles. The highest BCUT2D eigenvalue weighted by molar-refractivity contribution is 7.92. The average molecular weight is 411 g/mol. The third-order valence-corrected chi connectivity index (χ3v) is 5.37. The Morgan fingerprint density at radius 3 is 2.44 bits per heavy atom. The zero-order valence-corrected chi connectivity index (χ0v) is 17.3. The number of anilines is 2. The summed E-state index contributed by atoms with van der Waals surface area (Å²) in [7, 11) is -2.16. The standard InChI is InChI=1S/C19H23ClN2O4S/c1-13(2)15-7-5-6-8-17(15)22(27(4,24)25)12-19(23)21-14-9-10-18(26-3)16(20)11-14/h5-11,13H,12H2,1-4H3,(H,21,23). The molecule has 8 heteroatoms. The lowest BCUT2D eigenvalue weighted by molar-refractivity contribution is -0.114. The maximum absolute atomic E-state index is 12.5. The minimum absolute atomic E-state index is 0.105. The highest BCUT2D eigenvalue weighted by Crippen LogP contribution is 2.30. The maximum Gasteiger partial charge on any atom is 0.245 e. The zero-order chi connectivity index (χ0) is 20.2. The Bertz CT molecular complexity index is 929. The molecule has 0 aromatic heterocycles. The van der Waals surface area contributed by atoms with Crippen LogP contribution in [0.3, 0.4) is 0 Å². The predicted octanol–water partition coefficient (Wildman–Crippen LogP) is 3.88. The summed E-state index contributed by atoms with van der Waals surface area (Å²) in [6.07, 6.45) is 1.08. The Kier molecular flexibility index (Phi) is 6.73. The first-order chi connectivity index (χ1) is 12.6. The molecule has 0 unspecified atom stereocenters. The van der Waals surface area contributed by atoms with Crippen molar-refractivity contribution in [2.45, 2.75) is 19.8 Å². The SMILES string of the molecule is COc1ccc(NC(=O)CN(c2ccccc2C(C)C)S(C)(=O)=O)cc1Cl. The van der Waals surface area contributed by atoms with Crippen LogP contribution in [0.25, 0.3) is 0 Å². The van der Waals surface area contributed by atoms with E-state index in [9.17, 15) is 13.2 Å². The second-order valence-corrected chi connectivity index (χ2v) is 8.69. The van der Waals surface area contributed by atoms with Crippen LogP contribution in [0, 0.1) is 0 Å². The molecule has 0 bridgehead atoms. The van der Waals surface area contributed by atoms with E-state index in [-0.39, 0.29) is 12.5 Å². The summed E-state index contributed by atoms with van der Waals surface area (Å²) in [5, 5.41) is 3.02. The van der Waals surface area contributed by atoms with Crippen molar-refractivity contribution in [3.63, 3.8) is 0 Å². The normalized spacial score (nSPS) is 11.3. The minimum Gasteiger partial charge on any atom is -0.495 e. The number of nitrogens with zero attached hydrogens (tertiary/aromatic N) is 1. The van der Waals surface area contributed by atoms with Crippen LogP contribution in [0.1, 0.15) is 25.3 Å². The van der Waals surface area contributed by atoms with Crippen LogP contribution in [0.15, 0.2) is 42.5 Å². The molecule has 0 saturated heterocycles. The second kappa shape index (κ2) is 8.63. The number of nitrogens with one attached hydrogen (secondary N) is 1. The van der Waals surface area contributed by atoms with Crippen LogP contribution in [-0.2, 0) is 14.8 Å². The van der Waals surface area contributed by atoms with E-state index >= 15 is 0 Å². The van der Waals surface area contributed by atoms with Crippen LogP contribution in [0.5, 0.6) is 5.75 Å². The lowest BCUT2D eigenvalue weighted by Gasteiger charge is -2.25. The molecular weight excluding hydrogens is 388 g/mol. The van der Waals surface area contributed by atoms with Gasteiger partial charge in [0.05, 0.1) is 24.1 Å². The van der Waals surface area contributed by atoms with E-state index in [1.54, 1.807) is 30.3 Å². The van der Waals surface area contributed by atoms with Gasteiger partial charge in [-0.1, -0.05) is 43.6 Å². The van der Waals surface area contributed by atoms with Crippen LogP contribution >= 0.6 is 11.6 Å². The number of hydrogen-bond acceptors (Lipinski definition) is 4. The van der Waals surface area contributed by atoms with E-state index in [4.69, 9.17) is 16.3 Å². The van der Waals surface area contributed by atoms with E-state index in [2.05, 4.69) is 5.32 Å². The molecule has 0 fully saturated rings. The largest absolute Gasteiger partial charge is 0.495 e. The molecule has 6 nitrogen and oxygen atoms in total. The molecule has 146 valence electrons. The molecule has 0 aliphatic heterocycles. The zero-order valence-electron chi connectivity index (χ0n) is 15.7. The molecule has 0 aliphatic rings. The molecule has 1 amide bonds. The van der Waals surface area contributed by atoms with Crippen molar-refractivity contribution < 1.29 is 17.9 Å². The number of halogens is 1. The number of ether oxygens (including phenoxy) is 1. The van der Waals surface area contributed by atoms with Gasteiger partial charge < -0.3 is 10.1 Å². The van der Waals surface area contributed by atoms with Gasteiger partial charge in [-0.25, -0.2) is 8.42 Å². The highest BCUT2D eigenvalue weighted by atomic mass is 35.5. The Morgan fingerprint density at radius 2 is 1.89 bits per heavy atom. The fourth-order valence-corrected chi connectivity index (χ4v) is 3.79. The molecule has 0 aliphatic carbocycles. The third-order valence-electron chi connectivity index (χ3n) is 3.95. The van der Waals surface area contributed by atoms with E-state index in [0.717, 1.165) is 16.1 Å². The van der Waals surface area contributed by atoms with E-state index in [1.807, 2.05) is 26.0 Å². The minimum atomic E-state index is -3.65. The van der Waals surface area contributed by atoms with Crippen molar-refractivity contribution in [1.29, 1.82) is 0 Å². The summed E-state index contributed by atoms with van der Waals surface area (Å²) in [5.41, 5.74) is 1.80. The fourth-order valence-electron chi connectivity index (χ4n) is 2.66. The Balaban J connectivity index is 2.27.